The van der Waals surface area contributed by atoms with Crippen LogP contribution in [-0.4, -0.2) is 45.5 Å². The van der Waals surface area contributed by atoms with Crippen molar-refractivity contribution in [3.8, 4) is 12.3 Å². The van der Waals surface area contributed by atoms with Gasteiger partial charge in [-0.15, -0.1) is 30.4 Å². The molecule has 1 unspecified atom stereocenters. The van der Waals surface area contributed by atoms with Crippen molar-refractivity contribution in [1.82, 2.24) is 10.6 Å². The fraction of sp³-hybridized carbons (Fsp3) is 0.812. The summed E-state index contributed by atoms with van der Waals surface area (Å²) in [4.78, 5) is 4.53. The molecule has 1 atom stereocenters. The third kappa shape index (κ3) is 7.75. The Morgan fingerprint density at radius 2 is 1.87 bits per heavy atom. The zero-order valence-electron chi connectivity index (χ0n) is 13.6. The van der Waals surface area contributed by atoms with Crippen LogP contribution < -0.4 is 10.6 Å². The van der Waals surface area contributed by atoms with Crippen molar-refractivity contribution in [3.05, 3.63) is 0 Å². The summed E-state index contributed by atoms with van der Waals surface area (Å²) in [5, 5.41) is 6.47. The van der Waals surface area contributed by atoms with Crippen LogP contribution in [0, 0.1) is 24.2 Å². The van der Waals surface area contributed by atoms with E-state index in [0.717, 1.165) is 13.0 Å². The van der Waals surface area contributed by atoms with Gasteiger partial charge in [0.05, 0.1) is 18.1 Å². The van der Waals surface area contributed by atoms with Crippen LogP contribution in [-0.2, 0) is 9.84 Å². The predicted octanol–water partition coefficient (Wildman–Crippen LogP) is 1.79. The molecule has 132 valence electrons. The number of aliphatic imine (C=N–C) groups is 1. The molecule has 1 aliphatic heterocycles. The summed E-state index contributed by atoms with van der Waals surface area (Å²) in [6.45, 7) is 1.89. The molecule has 0 amide bonds. The molecule has 1 saturated carbocycles. The van der Waals surface area contributed by atoms with Crippen molar-refractivity contribution in [2.45, 2.75) is 38.5 Å². The Morgan fingerprint density at radius 3 is 2.48 bits per heavy atom. The highest BCUT2D eigenvalue weighted by Gasteiger charge is 2.27. The van der Waals surface area contributed by atoms with Crippen molar-refractivity contribution in [1.29, 1.82) is 0 Å². The number of terminal acetylenes is 1. The molecular weight excluding hydrogens is 425 g/mol. The SMILES string of the molecule is C#CCNC(=NCC1CCS(=O)(=O)C1)NCC1CCCCC1.I. The Morgan fingerprint density at radius 1 is 1.13 bits per heavy atom. The molecule has 23 heavy (non-hydrogen) atoms. The van der Waals surface area contributed by atoms with Gasteiger partial charge in [-0.2, -0.15) is 0 Å². The first kappa shape index (κ1) is 20.6. The van der Waals surface area contributed by atoms with Crippen LogP contribution in [0.4, 0.5) is 0 Å². The maximum Gasteiger partial charge on any atom is 0.192 e. The Labute approximate surface area is 157 Å². The number of guanidine groups is 1. The number of rotatable bonds is 5. The van der Waals surface area contributed by atoms with E-state index in [9.17, 15) is 8.42 Å². The first-order valence-electron chi connectivity index (χ1n) is 8.25. The van der Waals surface area contributed by atoms with Gasteiger partial charge in [0.2, 0.25) is 0 Å². The van der Waals surface area contributed by atoms with Gasteiger partial charge in [0, 0.05) is 13.1 Å². The summed E-state index contributed by atoms with van der Waals surface area (Å²) in [6.07, 6.45) is 12.5. The molecule has 0 bridgehead atoms. The van der Waals surface area contributed by atoms with Crippen LogP contribution in [0.2, 0.25) is 0 Å². The highest BCUT2D eigenvalue weighted by atomic mass is 127. The number of nitrogens with zero attached hydrogens (tertiary/aromatic N) is 1. The smallest absolute Gasteiger partial charge is 0.192 e. The van der Waals surface area contributed by atoms with Gasteiger partial charge < -0.3 is 10.6 Å². The summed E-state index contributed by atoms with van der Waals surface area (Å²) < 4.78 is 23.0. The predicted molar refractivity (Wildman–Crippen MR) is 106 cm³/mol. The molecule has 1 aliphatic carbocycles. The Bertz CT molecular complexity index is 522. The van der Waals surface area contributed by atoms with Crippen LogP contribution in [0.15, 0.2) is 4.99 Å². The van der Waals surface area contributed by atoms with Crippen LogP contribution in [0.5, 0.6) is 0 Å². The molecule has 0 aromatic carbocycles. The molecule has 0 radical (unpaired) electrons. The summed E-state index contributed by atoms with van der Waals surface area (Å²) in [7, 11) is -2.83. The molecule has 2 N–H and O–H groups in total. The molecule has 2 fully saturated rings. The highest BCUT2D eigenvalue weighted by molar-refractivity contribution is 14.0. The van der Waals surface area contributed by atoms with E-state index >= 15 is 0 Å². The summed E-state index contributed by atoms with van der Waals surface area (Å²) >= 11 is 0. The Kier molecular flexibility index (Phi) is 9.29. The quantitative estimate of drug-likeness (QED) is 0.288. The van der Waals surface area contributed by atoms with E-state index in [-0.39, 0.29) is 35.6 Å². The Hall–Kier alpha value is -0.490. The first-order valence-corrected chi connectivity index (χ1v) is 10.1. The van der Waals surface area contributed by atoms with Gasteiger partial charge in [0.1, 0.15) is 0 Å². The zero-order valence-corrected chi connectivity index (χ0v) is 16.7. The minimum absolute atomic E-state index is 0. The van der Waals surface area contributed by atoms with E-state index in [4.69, 9.17) is 6.42 Å². The van der Waals surface area contributed by atoms with E-state index in [1.54, 1.807) is 0 Å². The van der Waals surface area contributed by atoms with Crippen molar-refractivity contribution in [2.24, 2.45) is 16.8 Å². The molecule has 7 heteroatoms. The van der Waals surface area contributed by atoms with E-state index in [1.165, 1.54) is 32.1 Å². The second-order valence-corrected chi connectivity index (χ2v) is 8.63. The van der Waals surface area contributed by atoms with E-state index < -0.39 is 9.84 Å². The summed E-state index contributed by atoms with van der Waals surface area (Å²) in [6, 6.07) is 0. The van der Waals surface area contributed by atoms with Crippen LogP contribution in [0.25, 0.3) is 0 Å². The second kappa shape index (κ2) is 10.4. The van der Waals surface area contributed by atoms with Crippen molar-refractivity contribution in [3.63, 3.8) is 0 Å². The Balaban J connectivity index is 0.00000264. The molecule has 1 heterocycles. The minimum atomic E-state index is -2.83. The maximum atomic E-state index is 11.5. The van der Waals surface area contributed by atoms with Gasteiger partial charge in [-0.25, -0.2) is 8.42 Å². The average Bonchev–Trinajstić information content (AvgIpc) is 2.87. The lowest BCUT2D eigenvalue weighted by Gasteiger charge is -2.23. The van der Waals surface area contributed by atoms with E-state index in [2.05, 4.69) is 21.5 Å². The van der Waals surface area contributed by atoms with Gasteiger partial charge >= 0.3 is 0 Å². The zero-order chi connectivity index (χ0) is 15.8. The molecular formula is C16H28IN3O2S. The lowest BCUT2D eigenvalue weighted by molar-refractivity contribution is 0.355. The number of hydrogen-bond acceptors (Lipinski definition) is 3. The van der Waals surface area contributed by atoms with E-state index in [1.807, 2.05) is 0 Å². The first-order chi connectivity index (χ1) is 10.6. The lowest BCUT2D eigenvalue weighted by atomic mass is 9.89. The number of halogens is 1. The standard InChI is InChI=1S/C16H27N3O2S.HI/c1-2-9-17-16(18-11-14-6-4-3-5-7-14)19-12-15-8-10-22(20,21)13-15;/h1,14-15H,3-13H2,(H2,17,18,19);1H. The van der Waals surface area contributed by atoms with Crippen molar-refractivity contribution in [2.75, 3.05) is 31.1 Å². The topological polar surface area (TPSA) is 70.6 Å². The van der Waals surface area contributed by atoms with Gasteiger partial charge in [-0.3, -0.25) is 4.99 Å². The van der Waals surface area contributed by atoms with Gasteiger partial charge in [-0.1, -0.05) is 25.2 Å². The molecule has 0 aromatic rings. The van der Waals surface area contributed by atoms with E-state index in [0.29, 0.717) is 30.7 Å². The monoisotopic (exact) mass is 453 g/mol. The number of sulfone groups is 1. The average molecular weight is 453 g/mol. The van der Waals surface area contributed by atoms with Gasteiger partial charge in [0.25, 0.3) is 0 Å². The van der Waals surface area contributed by atoms with Crippen LogP contribution in [0.3, 0.4) is 0 Å². The molecule has 5 nitrogen and oxygen atoms in total. The minimum Gasteiger partial charge on any atom is -0.356 e. The number of nitrogens with one attached hydrogen (secondary N) is 2. The molecule has 0 spiro atoms. The maximum absolute atomic E-state index is 11.5. The van der Waals surface area contributed by atoms with Crippen molar-refractivity contribution >= 4 is 39.8 Å². The molecule has 2 aliphatic rings. The second-order valence-electron chi connectivity index (χ2n) is 6.40. The summed E-state index contributed by atoms with van der Waals surface area (Å²) in [5.41, 5.74) is 0. The molecule has 1 saturated heterocycles. The highest BCUT2D eigenvalue weighted by Crippen LogP contribution is 2.22. The summed E-state index contributed by atoms with van der Waals surface area (Å²) in [5.74, 6) is 4.68. The number of hydrogen-bond donors (Lipinski definition) is 2. The van der Waals surface area contributed by atoms with Gasteiger partial charge in [0.15, 0.2) is 15.8 Å². The molecule has 2 rings (SSSR count). The lowest BCUT2D eigenvalue weighted by Crippen LogP contribution is -2.40. The van der Waals surface area contributed by atoms with Gasteiger partial charge in [-0.05, 0) is 31.1 Å². The fourth-order valence-electron chi connectivity index (χ4n) is 3.18. The third-order valence-electron chi connectivity index (χ3n) is 4.48. The fourth-order valence-corrected chi connectivity index (χ4v) is 5.03. The molecule has 0 aromatic heterocycles. The van der Waals surface area contributed by atoms with Crippen molar-refractivity contribution < 1.29 is 8.42 Å². The third-order valence-corrected chi connectivity index (χ3v) is 6.31. The largest absolute Gasteiger partial charge is 0.356 e. The van der Waals surface area contributed by atoms with Crippen LogP contribution in [0.1, 0.15) is 38.5 Å². The normalized spacial score (nSPS) is 24.5. The van der Waals surface area contributed by atoms with Crippen LogP contribution >= 0.6 is 24.0 Å².